The van der Waals surface area contributed by atoms with E-state index in [4.69, 9.17) is 5.11 Å². The van der Waals surface area contributed by atoms with Gasteiger partial charge in [-0.1, -0.05) is 18.2 Å². The van der Waals surface area contributed by atoms with Crippen LogP contribution in [-0.4, -0.2) is 25.7 Å². The molecule has 0 aliphatic rings. The first-order valence-corrected chi connectivity index (χ1v) is 6.59. The van der Waals surface area contributed by atoms with Gasteiger partial charge in [0.2, 0.25) is 0 Å². The first-order valence-electron chi connectivity index (χ1n) is 4.70. The van der Waals surface area contributed by atoms with Gasteiger partial charge in [-0.3, -0.25) is 4.79 Å². The van der Waals surface area contributed by atoms with E-state index < -0.39 is 21.2 Å². The maximum atomic E-state index is 11.5. The first kappa shape index (κ1) is 12.7. The molecule has 0 aliphatic heterocycles. The van der Waals surface area contributed by atoms with Crippen LogP contribution in [0.25, 0.3) is 0 Å². The van der Waals surface area contributed by atoms with Crippen molar-refractivity contribution in [2.24, 2.45) is 0 Å². The molecule has 5 heteroatoms. The zero-order valence-corrected chi connectivity index (χ0v) is 10.2. The van der Waals surface area contributed by atoms with Crippen LogP contribution in [0.1, 0.15) is 19.4 Å². The predicted octanol–water partition coefficient (Wildman–Crippen LogP) is 1.45. The van der Waals surface area contributed by atoms with Gasteiger partial charge in [-0.2, -0.15) is 0 Å². The topological polar surface area (TPSA) is 71.4 Å². The highest BCUT2D eigenvalue weighted by molar-refractivity contribution is 7.90. The molecule has 0 heterocycles. The van der Waals surface area contributed by atoms with Crippen LogP contribution in [0, 0.1) is 0 Å². The van der Waals surface area contributed by atoms with Crippen LogP contribution in [0.15, 0.2) is 29.2 Å². The van der Waals surface area contributed by atoms with Crippen molar-refractivity contribution in [2.45, 2.75) is 24.2 Å². The normalized spacial score (nSPS) is 12.4. The number of sulfone groups is 1. The Balaban J connectivity index is 3.53. The van der Waals surface area contributed by atoms with Crippen molar-refractivity contribution in [3.8, 4) is 0 Å². The maximum absolute atomic E-state index is 11.5. The Bertz CT molecular complexity index is 515. The van der Waals surface area contributed by atoms with Crippen molar-refractivity contribution in [3.05, 3.63) is 29.8 Å². The van der Waals surface area contributed by atoms with Crippen molar-refractivity contribution in [1.82, 2.24) is 0 Å². The fourth-order valence-corrected chi connectivity index (χ4v) is 2.47. The molecule has 88 valence electrons. The molecule has 0 bridgehead atoms. The van der Waals surface area contributed by atoms with Crippen LogP contribution in [0.5, 0.6) is 0 Å². The number of benzene rings is 1. The number of rotatable bonds is 3. The van der Waals surface area contributed by atoms with Gasteiger partial charge in [-0.15, -0.1) is 0 Å². The lowest BCUT2D eigenvalue weighted by atomic mass is 9.85. The summed E-state index contributed by atoms with van der Waals surface area (Å²) in [5.74, 6) is -1.05. The Morgan fingerprint density at radius 2 is 1.75 bits per heavy atom. The number of hydrogen-bond donors (Lipinski definition) is 1. The van der Waals surface area contributed by atoms with E-state index in [0.717, 1.165) is 6.26 Å². The Labute approximate surface area is 94.8 Å². The van der Waals surface area contributed by atoms with E-state index in [1.54, 1.807) is 12.1 Å². The number of aliphatic carboxylic acids is 1. The second kappa shape index (κ2) is 3.90. The van der Waals surface area contributed by atoms with Gasteiger partial charge in [0, 0.05) is 6.26 Å². The molecule has 4 nitrogen and oxygen atoms in total. The Kier molecular flexibility index (Phi) is 3.10. The molecule has 0 spiro atoms. The van der Waals surface area contributed by atoms with Crippen LogP contribution in [0.4, 0.5) is 0 Å². The van der Waals surface area contributed by atoms with Gasteiger partial charge in [0.15, 0.2) is 9.84 Å². The minimum absolute atomic E-state index is 0.0717. The van der Waals surface area contributed by atoms with Gasteiger partial charge in [0.05, 0.1) is 10.3 Å². The highest BCUT2D eigenvalue weighted by Gasteiger charge is 2.33. The average molecular weight is 242 g/mol. The number of carboxylic acid groups (broad SMARTS) is 1. The molecule has 1 aromatic carbocycles. The summed E-state index contributed by atoms with van der Waals surface area (Å²) in [5, 5.41) is 9.09. The summed E-state index contributed by atoms with van der Waals surface area (Å²) in [6.45, 7) is 2.97. The zero-order valence-electron chi connectivity index (χ0n) is 9.39. The van der Waals surface area contributed by atoms with E-state index in [0.29, 0.717) is 5.56 Å². The van der Waals surface area contributed by atoms with Crippen LogP contribution in [0.2, 0.25) is 0 Å². The third-order valence-electron chi connectivity index (χ3n) is 2.49. The fourth-order valence-electron chi connectivity index (χ4n) is 1.42. The molecule has 1 N–H and O–H groups in total. The minimum atomic E-state index is -3.41. The molecular formula is C11H14O4S. The van der Waals surface area contributed by atoms with Gasteiger partial charge in [-0.05, 0) is 25.5 Å². The average Bonchev–Trinajstić information content (AvgIpc) is 2.16. The van der Waals surface area contributed by atoms with Crippen molar-refractivity contribution >= 4 is 15.8 Å². The van der Waals surface area contributed by atoms with E-state index >= 15 is 0 Å². The second-order valence-electron chi connectivity index (χ2n) is 4.20. The number of carbonyl (C=O) groups is 1. The van der Waals surface area contributed by atoms with Crippen molar-refractivity contribution < 1.29 is 18.3 Å². The van der Waals surface area contributed by atoms with Gasteiger partial charge in [0.1, 0.15) is 0 Å². The Morgan fingerprint density at radius 1 is 1.25 bits per heavy atom. The summed E-state index contributed by atoms with van der Waals surface area (Å²) in [7, 11) is -3.41. The maximum Gasteiger partial charge on any atom is 0.313 e. The van der Waals surface area contributed by atoms with Crippen LogP contribution in [0.3, 0.4) is 0 Å². The van der Waals surface area contributed by atoms with Crippen LogP contribution >= 0.6 is 0 Å². The molecule has 0 atom stereocenters. The van der Waals surface area contributed by atoms with Gasteiger partial charge < -0.3 is 5.11 Å². The molecule has 1 aromatic rings. The van der Waals surface area contributed by atoms with Gasteiger partial charge >= 0.3 is 5.97 Å². The standard InChI is InChI=1S/C11H14O4S/c1-11(2,10(12)13)8-6-4-5-7-9(8)16(3,14)15/h4-7H,1-3H3,(H,12,13). The monoisotopic (exact) mass is 242 g/mol. The summed E-state index contributed by atoms with van der Waals surface area (Å²) in [6, 6.07) is 6.17. The summed E-state index contributed by atoms with van der Waals surface area (Å²) in [5.41, 5.74) is -0.912. The lowest BCUT2D eigenvalue weighted by Crippen LogP contribution is -2.30. The highest BCUT2D eigenvalue weighted by atomic mass is 32.2. The van der Waals surface area contributed by atoms with E-state index in [1.165, 1.54) is 26.0 Å². The molecule has 0 unspecified atom stereocenters. The smallest absolute Gasteiger partial charge is 0.313 e. The van der Waals surface area contributed by atoms with Gasteiger partial charge in [-0.25, -0.2) is 8.42 Å². The first-order chi connectivity index (χ1) is 7.17. The molecule has 16 heavy (non-hydrogen) atoms. The van der Waals surface area contributed by atoms with Crippen molar-refractivity contribution in [3.63, 3.8) is 0 Å². The molecule has 0 saturated carbocycles. The zero-order chi connectivity index (χ0) is 12.6. The second-order valence-corrected chi connectivity index (χ2v) is 6.18. The third-order valence-corrected chi connectivity index (χ3v) is 3.65. The molecule has 0 aromatic heterocycles. The minimum Gasteiger partial charge on any atom is -0.481 e. The van der Waals surface area contributed by atoms with E-state index in [-0.39, 0.29) is 4.90 Å². The molecular weight excluding hydrogens is 228 g/mol. The lowest BCUT2D eigenvalue weighted by Gasteiger charge is -2.22. The molecule has 0 saturated heterocycles. The fraction of sp³-hybridized carbons (Fsp3) is 0.364. The largest absolute Gasteiger partial charge is 0.481 e. The molecule has 0 amide bonds. The van der Waals surface area contributed by atoms with Crippen LogP contribution < -0.4 is 0 Å². The Morgan fingerprint density at radius 3 is 2.19 bits per heavy atom. The van der Waals surface area contributed by atoms with Crippen molar-refractivity contribution in [2.75, 3.05) is 6.26 Å². The quantitative estimate of drug-likeness (QED) is 0.870. The van der Waals surface area contributed by atoms with E-state index in [9.17, 15) is 13.2 Å². The van der Waals surface area contributed by atoms with E-state index in [1.807, 2.05) is 0 Å². The number of carboxylic acids is 1. The SMILES string of the molecule is CC(C)(C(=O)O)c1ccccc1S(C)(=O)=O. The molecule has 0 radical (unpaired) electrons. The van der Waals surface area contributed by atoms with E-state index in [2.05, 4.69) is 0 Å². The van der Waals surface area contributed by atoms with Crippen LogP contribution in [-0.2, 0) is 20.0 Å². The molecule has 0 aliphatic carbocycles. The summed E-state index contributed by atoms with van der Waals surface area (Å²) < 4.78 is 23.1. The van der Waals surface area contributed by atoms with Crippen molar-refractivity contribution in [1.29, 1.82) is 0 Å². The third kappa shape index (κ3) is 2.24. The summed E-state index contributed by atoms with van der Waals surface area (Å²) >= 11 is 0. The summed E-state index contributed by atoms with van der Waals surface area (Å²) in [4.78, 5) is 11.2. The van der Waals surface area contributed by atoms with Gasteiger partial charge in [0.25, 0.3) is 0 Å². The predicted molar refractivity (Wildman–Crippen MR) is 60.2 cm³/mol. The molecule has 0 fully saturated rings. The Hall–Kier alpha value is -1.36. The summed E-state index contributed by atoms with van der Waals surface area (Å²) in [6.07, 6.45) is 1.07. The highest BCUT2D eigenvalue weighted by Crippen LogP contribution is 2.29. The molecule has 1 rings (SSSR count). The lowest BCUT2D eigenvalue weighted by molar-refractivity contribution is -0.142. The number of hydrogen-bond acceptors (Lipinski definition) is 3.